The molecule has 2 unspecified atom stereocenters. The Kier molecular flexibility index (Phi) is 8.86. The molecular formula is C42H40N4O6. The predicted molar refractivity (Wildman–Crippen MR) is 203 cm³/mol. The van der Waals surface area contributed by atoms with Crippen LogP contribution in [0.5, 0.6) is 0 Å². The number of fused-ring (bicyclic) bond motifs is 6. The molecule has 264 valence electrons. The van der Waals surface area contributed by atoms with Crippen LogP contribution >= 0.6 is 0 Å². The number of aliphatic hydroxyl groups excluding tert-OH is 4. The number of nitrogens with zero attached hydrogens (tertiary/aromatic N) is 4. The molecule has 10 heteroatoms. The van der Waals surface area contributed by atoms with E-state index in [4.69, 9.17) is 9.83 Å². The molecule has 8 rings (SSSR count). The van der Waals surface area contributed by atoms with Crippen molar-refractivity contribution in [1.82, 2.24) is 14.2 Å². The number of carbonyl (C=O) groups excluding carboxylic acids is 1. The molecule has 2 aromatic heterocycles. The van der Waals surface area contributed by atoms with Crippen molar-refractivity contribution in [3.63, 3.8) is 0 Å². The molecule has 4 aliphatic rings. The molecule has 4 N–H and O–H groups in total. The number of aliphatic hydroxyl groups is 4. The number of allylic oxidation sites excluding steroid dienone is 6. The smallest absolute Gasteiger partial charge is 0.192 e. The van der Waals surface area contributed by atoms with Gasteiger partial charge in [0, 0.05) is 58.2 Å². The van der Waals surface area contributed by atoms with Crippen molar-refractivity contribution in [2.75, 3.05) is 19.8 Å². The molecule has 10 nitrogen and oxygen atoms in total. The van der Waals surface area contributed by atoms with Crippen molar-refractivity contribution >= 4 is 51.8 Å². The third-order valence-electron chi connectivity index (χ3n) is 10.4. The van der Waals surface area contributed by atoms with Gasteiger partial charge in [-0.2, -0.15) is 0 Å². The van der Waals surface area contributed by atoms with Gasteiger partial charge in [-0.05, 0) is 66.8 Å². The fourth-order valence-electron chi connectivity index (χ4n) is 7.77. The number of hydrogen-bond donors (Lipinski definition) is 4. The molecule has 2 atom stereocenters. The minimum absolute atomic E-state index is 0.0713. The summed E-state index contributed by atoms with van der Waals surface area (Å²) in [5.41, 5.74) is 10.6. The van der Waals surface area contributed by atoms with E-state index in [1.54, 1.807) is 29.5 Å². The third-order valence-corrected chi connectivity index (χ3v) is 10.4. The molecule has 52 heavy (non-hydrogen) atoms. The topological polar surface area (TPSA) is 133 Å². The number of aromatic nitrogens is 2. The summed E-state index contributed by atoms with van der Waals surface area (Å²) in [4.78, 5) is 24.9. The zero-order valence-electron chi connectivity index (χ0n) is 29.0. The number of rotatable bonds is 8. The Morgan fingerprint density at radius 2 is 1.60 bits per heavy atom. The minimum Gasteiger partial charge on any atom is -0.392 e. The highest BCUT2D eigenvalue weighted by atomic mass is 16.7. The first-order chi connectivity index (χ1) is 25.3. The molecule has 2 aliphatic heterocycles. The van der Waals surface area contributed by atoms with Gasteiger partial charge < -0.3 is 29.6 Å². The molecule has 2 aromatic carbocycles. The summed E-state index contributed by atoms with van der Waals surface area (Å²) in [5.74, 6) is -0.251. The first-order valence-electron chi connectivity index (χ1n) is 17.5. The monoisotopic (exact) mass is 696 g/mol. The highest BCUT2D eigenvalue weighted by molar-refractivity contribution is 6.14. The maximum absolute atomic E-state index is 13.3. The number of carbonyl (C=O) groups is 1. The number of hydroxylamine groups is 2. The van der Waals surface area contributed by atoms with E-state index in [0.717, 1.165) is 74.1 Å². The van der Waals surface area contributed by atoms with Gasteiger partial charge in [0.15, 0.2) is 5.78 Å². The normalized spacial score (nSPS) is 21.3. The van der Waals surface area contributed by atoms with Gasteiger partial charge in [0.1, 0.15) is 6.10 Å². The van der Waals surface area contributed by atoms with Gasteiger partial charge >= 0.3 is 0 Å². The van der Waals surface area contributed by atoms with Crippen molar-refractivity contribution in [3.8, 4) is 0 Å². The van der Waals surface area contributed by atoms with Crippen LogP contribution in [0.1, 0.15) is 53.5 Å². The van der Waals surface area contributed by atoms with Crippen molar-refractivity contribution in [2.45, 2.75) is 45.6 Å². The zero-order valence-corrected chi connectivity index (χ0v) is 29.0. The van der Waals surface area contributed by atoms with E-state index in [-0.39, 0.29) is 38.3 Å². The average Bonchev–Trinajstić information content (AvgIpc) is 3.66. The number of ketones is 1. The molecule has 0 saturated heterocycles. The Labute approximate surface area is 300 Å². The predicted octanol–water partition coefficient (Wildman–Crippen LogP) is 5.52. The van der Waals surface area contributed by atoms with E-state index in [1.807, 2.05) is 85.5 Å². The minimum atomic E-state index is -0.643. The van der Waals surface area contributed by atoms with Gasteiger partial charge in [-0.25, -0.2) is 0 Å². The lowest BCUT2D eigenvalue weighted by Crippen LogP contribution is -2.34. The van der Waals surface area contributed by atoms with Crippen molar-refractivity contribution < 1.29 is 30.1 Å². The standard InChI is InChI=1S/C42H40N4O6/c1-25-39-35(13-15-43-25)33-11-9-27(21-47)17-37(33)44(39)20-30-6-4-8-32(24-50)42(30)52-46-16-14-36-34-12-10-28(22-48)18-38(34)45(40(36)26(46)2)19-29-5-3-7-31(23-49)41(29)51/h3-12,14,16-20,26,42,47-50H,13,15,21-24H2,1-2H3/b29-19+,30-20+. The van der Waals surface area contributed by atoms with E-state index in [1.165, 1.54) is 5.56 Å². The van der Waals surface area contributed by atoms with Crippen LogP contribution in [-0.4, -0.2) is 72.0 Å². The van der Waals surface area contributed by atoms with Crippen LogP contribution in [0.25, 0.3) is 40.3 Å². The molecule has 0 bridgehead atoms. The second-order valence-electron chi connectivity index (χ2n) is 13.5. The van der Waals surface area contributed by atoms with Crippen LogP contribution in [0.4, 0.5) is 0 Å². The van der Waals surface area contributed by atoms with E-state index in [2.05, 4.69) is 10.6 Å². The van der Waals surface area contributed by atoms with Crippen molar-refractivity contribution in [2.24, 2.45) is 4.99 Å². The average molecular weight is 697 g/mol. The van der Waals surface area contributed by atoms with Gasteiger partial charge in [0.05, 0.1) is 60.6 Å². The Hall–Kier alpha value is -5.36. The maximum Gasteiger partial charge on any atom is 0.192 e. The molecule has 4 heterocycles. The zero-order chi connectivity index (χ0) is 36.1. The summed E-state index contributed by atoms with van der Waals surface area (Å²) in [5, 5.41) is 44.2. The summed E-state index contributed by atoms with van der Waals surface area (Å²) >= 11 is 0. The molecule has 4 aromatic rings. The fraction of sp³-hybridized carbons (Fsp3) is 0.238. The van der Waals surface area contributed by atoms with Gasteiger partial charge in [-0.3, -0.25) is 19.7 Å². The molecular weight excluding hydrogens is 656 g/mol. The van der Waals surface area contributed by atoms with Crippen LogP contribution in [0.15, 0.2) is 106 Å². The molecule has 0 spiro atoms. The van der Waals surface area contributed by atoms with E-state index >= 15 is 0 Å². The number of benzene rings is 2. The Morgan fingerprint density at radius 1 is 0.865 bits per heavy atom. The lowest BCUT2D eigenvalue weighted by atomic mass is 9.97. The summed E-state index contributed by atoms with van der Waals surface area (Å²) in [6.45, 7) is 3.99. The van der Waals surface area contributed by atoms with Crippen LogP contribution in [0.2, 0.25) is 0 Å². The van der Waals surface area contributed by atoms with Crippen molar-refractivity contribution in [1.29, 1.82) is 0 Å². The fourth-order valence-corrected chi connectivity index (χ4v) is 7.77. The summed E-state index contributed by atoms with van der Waals surface area (Å²) < 4.78 is 4.12. The molecule has 0 fully saturated rings. The summed E-state index contributed by atoms with van der Waals surface area (Å²) in [6.07, 6.45) is 18.8. The SMILES string of the molecule is CC1=NCCc2c1n(/C=C1\C=CC=C(CO)C1ON1C=Cc3c(n(/C=C4\C=CC=C(CO)C4=O)c4cc(CO)ccc34)C1C)c1cc(CO)ccc21. The van der Waals surface area contributed by atoms with Gasteiger partial charge in [0.25, 0.3) is 0 Å². The van der Waals surface area contributed by atoms with Crippen LogP contribution < -0.4 is 0 Å². The number of hydrogen-bond acceptors (Lipinski definition) is 8. The first-order valence-corrected chi connectivity index (χ1v) is 17.5. The highest BCUT2D eigenvalue weighted by Crippen LogP contribution is 2.41. The maximum atomic E-state index is 13.3. The van der Waals surface area contributed by atoms with Crippen LogP contribution in [0.3, 0.4) is 0 Å². The molecule has 2 aliphatic carbocycles. The third kappa shape index (κ3) is 5.56. The molecule has 0 radical (unpaired) electrons. The lowest BCUT2D eigenvalue weighted by molar-refractivity contribution is -0.166. The van der Waals surface area contributed by atoms with E-state index < -0.39 is 6.10 Å². The summed E-state index contributed by atoms with van der Waals surface area (Å²) in [6, 6.07) is 11.5. The van der Waals surface area contributed by atoms with E-state index in [0.29, 0.717) is 16.7 Å². The Morgan fingerprint density at radius 3 is 2.33 bits per heavy atom. The van der Waals surface area contributed by atoms with Gasteiger partial charge in [0.2, 0.25) is 0 Å². The lowest BCUT2D eigenvalue weighted by Gasteiger charge is -2.35. The molecule has 0 saturated carbocycles. The quantitative estimate of drug-likeness (QED) is 0.179. The Bertz CT molecular complexity index is 2390. The Balaban J connectivity index is 1.22. The highest BCUT2D eigenvalue weighted by Gasteiger charge is 2.32. The van der Waals surface area contributed by atoms with E-state index in [9.17, 15) is 25.2 Å². The second kappa shape index (κ2) is 13.6. The molecule has 0 amide bonds. The largest absolute Gasteiger partial charge is 0.392 e. The van der Waals surface area contributed by atoms with Crippen LogP contribution in [-0.2, 0) is 29.3 Å². The van der Waals surface area contributed by atoms with Gasteiger partial charge in [-0.15, -0.1) is 0 Å². The summed E-state index contributed by atoms with van der Waals surface area (Å²) in [7, 11) is 0. The van der Waals surface area contributed by atoms with Gasteiger partial charge in [-0.1, -0.05) is 54.6 Å². The number of Topliss-reactive ketones (excluding diaryl/α,β-unsaturated/α-hetero) is 1. The van der Waals surface area contributed by atoms with Crippen molar-refractivity contribution in [3.05, 3.63) is 135 Å². The van der Waals surface area contributed by atoms with Crippen LogP contribution in [0, 0.1) is 0 Å². The number of aliphatic imine (C=N–C) groups is 1. The second-order valence-corrected chi connectivity index (χ2v) is 13.5. The first kappa shape index (κ1) is 33.8.